The summed E-state index contributed by atoms with van der Waals surface area (Å²) in [4.78, 5) is 14.5. The Morgan fingerprint density at radius 3 is 2.83 bits per heavy atom. The van der Waals surface area contributed by atoms with E-state index in [1.165, 1.54) is 5.56 Å². The standard InChI is InChI=1S/C18H29N3O2/c1-14(7-6-10-22)19-18(23)20-17-11-15(2)21(13-17)12-16-8-4-3-5-9-16/h3-5,8-9,14-15,17,22H,6-7,10-13H2,1-2H3,(H2,19,20,23). The number of aliphatic hydroxyl groups excluding tert-OH is 1. The molecule has 1 saturated heterocycles. The molecule has 128 valence electrons. The summed E-state index contributed by atoms with van der Waals surface area (Å²) < 4.78 is 0. The summed E-state index contributed by atoms with van der Waals surface area (Å²) in [6, 6.07) is 11.1. The molecule has 1 aromatic rings. The first kappa shape index (κ1) is 17.8. The zero-order valence-electron chi connectivity index (χ0n) is 14.2. The fourth-order valence-electron chi connectivity index (χ4n) is 3.16. The number of hydrogen-bond donors (Lipinski definition) is 3. The Balaban J connectivity index is 1.76. The second-order valence-corrected chi connectivity index (χ2v) is 6.58. The van der Waals surface area contributed by atoms with Crippen LogP contribution in [0.3, 0.4) is 0 Å². The first-order valence-corrected chi connectivity index (χ1v) is 8.54. The van der Waals surface area contributed by atoms with E-state index in [4.69, 9.17) is 5.11 Å². The fourth-order valence-corrected chi connectivity index (χ4v) is 3.16. The van der Waals surface area contributed by atoms with Crippen LogP contribution in [0.5, 0.6) is 0 Å². The summed E-state index contributed by atoms with van der Waals surface area (Å²) >= 11 is 0. The van der Waals surface area contributed by atoms with Gasteiger partial charge in [-0.05, 0) is 38.7 Å². The molecule has 0 radical (unpaired) electrons. The lowest BCUT2D eigenvalue weighted by atomic mass is 10.2. The van der Waals surface area contributed by atoms with Gasteiger partial charge in [-0.2, -0.15) is 0 Å². The van der Waals surface area contributed by atoms with E-state index in [9.17, 15) is 4.79 Å². The maximum absolute atomic E-state index is 12.0. The molecule has 1 heterocycles. The lowest BCUT2D eigenvalue weighted by molar-refractivity contribution is 0.228. The minimum atomic E-state index is -0.103. The van der Waals surface area contributed by atoms with Crippen LogP contribution >= 0.6 is 0 Å². The number of urea groups is 1. The number of carbonyl (C=O) groups is 1. The van der Waals surface area contributed by atoms with Gasteiger partial charge in [-0.25, -0.2) is 4.79 Å². The number of nitrogens with zero attached hydrogens (tertiary/aromatic N) is 1. The van der Waals surface area contributed by atoms with Crippen LogP contribution in [0, 0.1) is 0 Å². The molecular formula is C18H29N3O2. The zero-order valence-corrected chi connectivity index (χ0v) is 14.2. The van der Waals surface area contributed by atoms with Crippen LogP contribution < -0.4 is 10.6 Å². The Morgan fingerprint density at radius 2 is 2.13 bits per heavy atom. The van der Waals surface area contributed by atoms with Crippen LogP contribution in [0.2, 0.25) is 0 Å². The van der Waals surface area contributed by atoms with E-state index in [2.05, 4.69) is 46.7 Å². The highest BCUT2D eigenvalue weighted by molar-refractivity contribution is 5.74. The summed E-state index contributed by atoms with van der Waals surface area (Å²) in [5, 5.41) is 14.8. The lowest BCUT2D eigenvalue weighted by Gasteiger charge is -2.21. The molecule has 0 spiro atoms. The smallest absolute Gasteiger partial charge is 0.315 e. The molecule has 3 unspecified atom stereocenters. The second-order valence-electron chi connectivity index (χ2n) is 6.58. The number of aliphatic hydroxyl groups is 1. The Morgan fingerprint density at radius 1 is 1.39 bits per heavy atom. The molecule has 2 rings (SSSR count). The van der Waals surface area contributed by atoms with E-state index in [-0.39, 0.29) is 24.7 Å². The Kier molecular flexibility index (Phi) is 6.86. The molecule has 3 N–H and O–H groups in total. The molecule has 5 heteroatoms. The molecule has 2 amide bonds. The lowest BCUT2D eigenvalue weighted by Crippen LogP contribution is -2.46. The van der Waals surface area contributed by atoms with Crippen molar-refractivity contribution in [2.75, 3.05) is 13.2 Å². The van der Waals surface area contributed by atoms with Gasteiger partial charge in [0, 0.05) is 37.8 Å². The van der Waals surface area contributed by atoms with Crippen molar-refractivity contribution >= 4 is 6.03 Å². The third kappa shape index (κ3) is 5.84. The van der Waals surface area contributed by atoms with Crippen molar-refractivity contribution in [1.29, 1.82) is 0 Å². The molecule has 0 saturated carbocycles. The van der Waals surface area contributed by atoms with Gasteiger partial charge in [0.25, 0.3) is 0 Å². The fraction of sp³-hybridized carbons (Fsp3) is 0.611. The second kappa shape index (κ2) is 8.89. The van der Waals surface area contributed by atoms with Crippen LogP contribution in [0.1, 0.15) is 38.7 Å². The molecule has 3 atom stereocenters. The van der Waals surface area contributed by atoms with Gasteiger partial charge in [0.15, 0.2) is 0 Å². The van der Waals surface area contributed by atoms with Gasteiger partial charge in [0.1, 0.15) is 0 Å². The number of carbonyl (C=O) groups excluding carboxylic acids is 1. The number of nitrogens with one attached hydrogen (secondary N) is 2. The van der Waals surface area contributed by atoms with Crippen LogP contribution in [-0.2, 0) is 6.54 Å². The average Bonchev–Trinajstić information content (AvgIpc) is 2.85. The molecule has 0 bridgehead atoms. The van der Waals surface area contributed by atoms with Gasteiger partial charge in [-0.15, -0.1) is 0 Å². The van der Waals surface area contributed by atoms with Gasteiger partial charge in [0.05, 0.1) is 0 Å². The van der Waals surface area contributed by atoms with Crippen molar-refractivity contribution in [3.05, 3.63) is 35.9 Å². The van der Waals surface area contributed by atoms with Crippen molar-refractivity contribution in [2.45, 2.75) is 57.8 Å². The Bertz CT molecular complexity index is 480. The van der Waals surface area contributed by atoms with Crippen LogP contribution in [0.4, 0.5) is 4.79 Å². The highest BCUT2D eigenvalue weighted by atomic mass is 16.3. The molecule has 0 aliphatic carbocycles. The van der Waals surface area contributed by atoms with Gasteiger partial charge < -0.3 is 15.7 Å². The van der Waals surface area contributed by atoms with Crippen LogP contribution in [0.15, 0.2) is 30.3 Å². The monoisotopic (exact) mass is 319 g/mol. The number of likely N-dealkylation sites (tertiary alicyclic amines) is 1. The third-order valence-electron chi connectivity index (χ3n) is 4.44. The topological polar surface area (TPSA) is 64.6 Å². The molecule has 0 aromatic heterocycles. The third-order valence-corrected chi connectivity index (χ3v) is 4.44. The van der Waals surface area contributed by atoms with Crippen LogP contribution in [-0.4, -0.2) is 47.3 Å². The van der Waals surface area contributed by atoms with Crippen LogP contribution in [0.25, 0.3) is 0 Å². The maximum Gasteiger partial charge on any atom is 0.315 e. The summed E-state index contributed by atoms with van der Waals surface area (Å²) in [7, 11) is 0. The average molecular weight is 319 g/mol. The minimum Gasteiger partial charge on any atom is -0.396 e. The first-order valence-electron chi connectivity index (χ1n) is 8.54. The van der Waals surface area contributed by atoms with Gasteiger partial charge in [0.2, 0.25) is 0 Å². The quantitative estimate of drug-likeness (QED) is 0.721. The van der Waals surface area contributed by atoms with E-state index in [0.29, 0.717) is 12.5 Å². The van der Waals surface area contributed by atoms with Gasteiger partial charge in [-0.3, -0.25) is 4.90 Å². The predicted octanol–water partition coefficient (Wildman–Crippen LogP) is 2.11. The molecule has 1 aromatic carbocycles. The van der Waals surface area contributed by atoms with E-state index in [0.717, 1.165) is 25.9 Å². The SMILES string of the molecule is CC(CCCO)NC(=O)NC1CC(C)N(Cc2ccccc2)C1. The summed E-state index contributed by atoms with van der Waals surface area (Å²) in [6.45, 7) is 6.16. The molecule has 5 nitrogen and oxygen atoms in total. The van der Waals surface area contributed by atoms with Crippen molar-refractivity contribution in [3.63, 3.8) is 0 Å². The molecular weight excluding hydrogens is 290 g/mol. The molecule has 23 heavy (non-hydrogen) atoms. The van der Waals surface area contributed by atoms with Gasteiger partial charge >= 0.3 is 6.03 Å². The van der Waals surface area contributed by atoms with Gasteiger partial charge in [-0.1, -0.05) is 30.3 Å². The van der Waals surface area contributed by atoms with Crippen molar-refractivity contribution < 1.29 is 9.90 Å². The Hall–Kier alpha value is -1.59. The van der Waals surface area contributed by atoms with Crippen molar-refractivity contribution in [1.82, 2.24) is 15.5 Å². The summed E-state index contributed by atoms with van der Waals surface area (Å²) in [5.74, 6) is 0. The highest BCUT2D eigenvalue weighted by Crippen LogP contribution is 2.20. The number of benzene rings is 1. The van der Waals surface area contributed by atoms with E-state index >= 15 is 0 Å². The molecule has 1 aliphatic rings. The molecule has 1 aliphatic heterocycles. The van der Waals surface area contributed by atoms with Crippen molar-refractivity contribution in [3.8, 4) is 0 Å². The molecule has 1 fully saturated rings. The zero-order chi connectivity index (χ0) is 16.7. The van der Waals surface area contributed by atoms with E-state index in [1.54, 1.807) is 0 Å². The number of amides is 2. The summed E-state index contributed by atoms with van der Waals surface area (Å²) in [6.07, 6.45) is 2.49. The Labute approximate surface area is 139 Å². The number of hydrogen-bond acceptors (Lipinski definition) is 3. The predicted molar refractivity (Wildman–Crippen MR) is 92.2 cm³/mol. The number of rotatable bonds is 7. The minimum absolute atomic E-state index is 0.0846. The van der Waals surface area contributed by atoms with Crippen molar-refractivity contribution in [2.24, 2.45) is 0 Å². The van der Waals surface area contributed by atoms with E-state index < -0.39 is 0 Å². The largest absolute Gasteiger partial charge is 0.396 e. The van der Waals surface area contributed by atoms with E-state index in [1.807, 2.05) is 13.0 Å². The highest BCUT2D eigenvalue weighted by Gasteiger charge is 2.29. The normalized spacial score (nSPS) is 22.7. The summed E-state index contributed by atoms with van der Waals surface area (Å²) in [5.41, 5.74) is 1.31. The first-order chi connectivity index (χ1) is 11.1. The maximum atomic E-state index is 12.0.